The highest BCUT2D eigenvalue weighted by Crippen LogP contribution is 2.43. The lowest BCUT2D eigenvalue weighted by Crippen LogP contribution is -2.41. The maximum atomic E-state index is 13.0. The molecular weight excluding hydrogens is 486 g/mol. The molecule has 2 aromatic carbocycles. The number of fused-ring (bicyclic) bond motifs is 1. The lowest BCUT2D eigenvalue weighted by molar-refractivity contribution is 0.0798. The third-order valence-corrected chi connectivity index (χ3v) is 6.52. The summed E-state index contributed by atoms with van der Waals surface area (Å²) in [5.74, 6) is 1.40. The Kier molecular flexibility index (Phi) is 7.95. The van der Waals surface area contributed by atoms with Gasteiger partial charge in [0.1, 0.15) is 16.7 Å². The Morgan fingerprint density at radius 3 is 2.36 bits per heavy atom. The highest BCUT2D eigenvalue weighted by molar-refractivity contribution is 7.99. The Morgan fingerprint density at radius 1 is 1.08 bits per heavy atom. The summed E-state index contributed by atoms with van der Waals surface area (Å²) in [7, 11) is 2.95. The number of methoxy groups -OCH3 is 2. The minimum Gasteiger partial charge on any atom is -0.492 e. The third-order valence-electron chi connectivity index (χ3n) is 5.61. The van der Waals surface area contributed by atoms with Crippen molar-refractivity contribution in [2.24, 2.45) is 0 Å². The normalized spacial score (nSPS) is 14.2. The second kappa shape index (κ2) is 11.1. The lowest BCUT2D eigenvalue weighted by atomic mass is 10.1. The van der Waals surface area contributed by atoms with E-state index in [1.807, 2.05) is 13.8 Å². The number of likely N-dealkylation sites (tertiary alicyclic amines) is 1. The van der Waals surface area contributed by atoms with Crippen LogP contribution >= 0.6 is 11.8 Å². The van der Waals surface area contributed by atoms with Crippen molar-refractivity contribution in [3.63, 3.8) is 0 Å². The van der Waals surface area contributed by atoms with Crippen LogP contribution in [0.5, 0.6) is 23.0 Å². The van der Waals surface area contributed by atoms with Crippen molar-refractivity contribution >= 4 is 28.8 Å². The monoisotopic (exact) mass is 515 g/mol. The molecule has 2 heterocycles. The molecule has 1 fully saturated rings. The number of carbonyl (C=O) groups excluding carboxylic acids is 1. The van der Waals surface area contributed by atoms with E-state index in [4.69, 9.17) is 23.4 Å². The number of benzene rings is 2. The number of aliphatic hydroxyl groups is 1. The van der Waals surface area contributed by atoms with Gasteiger partial charge < -0.3 is 33.4 Å². The summed E-state index contributed by atoms with van der Waals surface area (Å²) in [4.78, 5) is 27.7. The molecule has 1 aliphatic heterocycles. The number of ether oxygens (including phenoxy) is 4. The van der Waals surface area contributed by atoms with E-state index in [0.717, 1.165) is 4.90 Å². The quantitative estimate of drug-likeness (QED) is 0.479. The molecule has 0 radical (unpaired) electrons. The predicted octanol–water partition coefficient (Wildman–Crippen LogP) is 4.70. The number of piperidine rings is 1. The molecule has 1 aliphatic rings. The van der Waals surface area contributed by atoms with Crippen molar-refractivity contribution in [1.82, 2.24) is 4.90 Å². The van der Waals surface area contributed by atoms with Crippen molar-refractivity contribution in [3.05, 3.63) is 46.6 Å². The maximum absolute atomic E-state index is 13.0. The highest BCUT2D eigenvalue weighted by atomic mass is 32.2. The molecule has 10 heteroatoms. The summed E-state index contributed by atoms with van der Waals surface area (Å²) in [6.45, 7) is 4.71. The lowest BCUT2D eigenvalue weighted by Gasteiger charge is -2.28. The largest absolute Gasteiger partial charge is 0.492 e. The first kappa shape index (κ1) is 25.7. The Balaban J connectivity index is 1.54. The van der Waals surface area contributed by atoms with Gasteiger partial charge in [-0.25, -0.2) is 4.79 Å². The van der Waals surface area contributed by atoms with Gasteiger partial charge in [0.2, 0.25) is 5.75 Å². The van der Waals surface area contributed by atoms with Crippen LogP contribution in [-0.4, -0.2) is 55.6 Å². The fourth-order valence-corrected chi connectivity index (χ4v) is 4.71. The van der Waals surface area contributed by atoms with E-state index in [9.17, 15) is 14.7 Å². The van der Waals surface area contributed by atoms with E-state index in [-0.39, 0.29) is 28.8 Å². The smallest absolute Gasteiger partial charge is 0.415 e. The minimum atomic E-state index is -0.438. The first-order valence-electron chi connectivity index (χ1n) is 11.6. The van der Waals surface area contributed by atoms with E-state index < -0.39 is 6.09 Å². The molecule has 1 aromatic heterocycles. The summed E-state index contributed by atoms with van der Waals surface area (Å²) >= 11 is 1.26. The molecule has 1 saturated heterocycles. The molecule has 0 spiro atoms. The SMILES string of the molecule is COc1c(OC(C)C)cc2oc(Sc3ccc(OC(=O)N4CCC(O)CC4)cc3)cc(=O)c2c1OC. The van der Waals surface area contributed by atoms with Crippen molar-refractivity contribution in [2.75, 3.05) is 27.3 Å². The molecule has 0 aliphatic carbocycles. The van der Waals surface area contributed by atoms with Gasteiger partial charge in [0.25, 0.3) is 0 Å². The van der Waals surface area contributed by atoms with Crippen LogP contribution in [0.25, 0.3) is 11.0 Å². The number of nitrogens with zero attached hydrogens (tertiary/aromatic N) is 1. The fourth-order valence-electron chi connectivity index (χ4n) is 3.91. The minimum absolute atomic E-state index is 0.126. The van der Waals surface area contributed by atoms with Gasteiger partial charge in [-0.15, -0.1) is 0 Å². The first-order valence-corrected chi connectivity index (χ1v) is 12.4. The van der Waals surface area contributed by atoms with Gasteiger partial charge in [-0.2, -0.15) is 0 Å². The van der Waals surface area contributed by atoms with E-state index in [1.165, 1.54) is 32.0 Å². The molecule has 1 N–H and O–H groups in total. The summed E-state index contributed by atoms with van der Waals surface area (Å²) in [6.07, 6.45) is 0.167. The summed E-state index contributed by atoms with van der Waals surface area (Å²) < 4.78 is 28.3. The summed E-state index contributed by atoms with van der Waals surface area (Å²) in [5.41, 5.74) is 0.0395. The first-order chi connectivity index (χ1) is 17.3. The zero-order valence-electron chi connectivity index (χ0n) is 20.6. The standard InChI is InChI=1S/C26H29NO8S/c1-15(2)33-21-14-20-23(25(32-4)24(21)31-3)19(29)13-22(35-20)36-18-7-5-17(6-8-18)34-26(30)27-11-9-16(28)10-12-27/h5-8,13-16,28H,9-12H2,1-4H3. The van der Waals surface area contributed by atoms with Gasteiger partial charge in [-0.3, -0.25) is 4.79 Å². The number of rotatable bonds is 7. The molecule has 0 bridgehead atoms. The van der Waals surface area contributed by atoms with Crippen LogP contribution in [0.2, 0.25) is 0 Å². The number of hydrogen-bond donors (Lipinski definition) is 1. The van der Waals surface area contributed by atoms with Crippen molar-refractivity contribution in [1.29, 1.82) is 0 Å². The summed E-state index contributed by atoms with van der Waals surface area (Å²) in [5, 5.41) is 10.2. The summed E-state index contributed by atoms with van der Waals surface area (Å²) in [6, 6.07) is 9.95. The zero-order chi connectivity index (χ0) is 25.8. The van der Waals surface area contributed by atoms with Gasteiger partial charge >= 0.3 is 6.09 Å². The zero-order valence-corrected chi connectivity index (χ0v) is 21.4. The molecule has 192 valence electrons. The maximum Gasteiger partial charge on any atom is 0.415 e. The topological polar surface area (TPSA) is 108 Å². The molecule has 0 saturated carbocycles. The van der Waals surface area contributed by atoms with Crippen LogP contribution < -0.4 is 24.4 Å². The van der Waals surface area contributed by atoms with E-state index in [0.29, 0.717) is 53.9 Å². The number of amides is 1. The van der Waals surface area contributed by atoms with Crippen LogP contribution in [-0.2, 0) is 0 Å². The Bertz CT molecular complexity index is 1280. The van der Waals surface area contributed by atoms with Crippen molar-refractivity contribution < 1.29 is 33.3 Å². The van der Waals surface area contributed by atoms with Crippen molar-refractivity contribution in [2.45, 2.75) is 48.9 Å². The van der Waals surface area contributed by atoms with Gasteiger partial charge in [-0.05, 0) is 51.0 Å². The molecule has 9 nitrogen and oxygen atoms in total. The Hall–Kier alpha value is -3.37. The van der Waals surface area contributed by atoms with Gasteiger partial charge in [0.15, 0.2) is 22.0 Å². The molecule has 3 aromatic rings. The molecule has 0 unspecified atom stereocenters. The molecule has 0 atom stereocenters. The van der Waals surface area contributed by atoms with E-state index in [2.05, 4.69) is 0 Å². The number of aliphatic hydroxyl groups excluding tert-OH is 1. The average molecular weight is 516 g/mol. The highest BCUT2D eigenvalue weighted by Gasteiger charge is 2.23. The van der Waals surface area contributed by atoms with Crippen LogP contribution in [0.15, 0.2) is 55.6 Å². The fraction of sp³-hybridized carbons (Fsp3) is 0.385. The predicted molar refractivity (Wildman–Crippen MR) is 135 cm³/mol. The van der Waals surface area contributed by atoms with E-state index >= 15 is 0 Å². The van der Waals surface area contributed by atoms with Gasteiger partial charge in [0, 0.05) is 30.1 Å². The van der Waals surface area contributed by atoms with Crippen LogP contribution in [0, 0.1) is 0 Å². The van der Waals surface area contributed by atoms with Crippen LogP contribution in [0.3, 0.4) is 0 Å². The van der Waals surface area contributed by atoms with Crippen LogP contribution in [0.1, 0.15) is 26.7 Å². The number of carbonyl (C=O) groups is 1. The van der Waals surface area contributed by atoms with E-state index in [1.54, 1.807) is 35.2 Å². The Morgan fingerprint density at radius 2 is 1.75 bits per heavy atom. The molecule has 1 amide bonds. The molecule has 36 heavy (non-hydrogen) atoms. The molecule has 4 rings (SSSR count). The second-order valence-corrected chi connectivity index (χ2v) is 9.65. The van der Waals surface area contributed by atoms with Crippen molar-refractivity contribution in [3.8, 4) is 23.0 Å². The second-order valence-electron chi connectivity index (χ2n) is 8.57. The number of hydrogen-bond acceptors (Lipinski definition) is 9. The third kappa shape index (κ3) is 5.71. The Labute approximate surface area is 212 Å². The molecular formula is C26H29NO8S. The average Bonchev–Trinajstić information content (AvgIpc) is 2.84. The van der Waals surface area contributed by atoms with Gasteiger partial charge in [0.05, 0.1) is 26.4 Å². The van der Waals surface area contributed by atoms with Gasteiger partial charge in [-0.1, -0.05) is 11.8 Å². The van der Waals surface area contributed by atoms with Crippen LogP contribution in [0.4, 0.5) is 4.79 Å².